The summed E-state index contributed by atoms with van der Waals surface area (Å²) in [4.78, 5) is 34.8. The summed E-state index contributed by atoms with van der Waals surface area (Å²) in [5, 5.41) is 1.35. The molecule has 0 bridgehead atoms. The average molecular weight is 733 g/mol. The molecule has 0 aliphatic heterocycles. The van der Waals surface area contributed by atoms with Gasteiger partial charge in [0, 0.05) is 72.4 Å². The third-order valence-electron chi connectivity index (χ3n) is 8.10. The first-order valence-corrected chi connectivity index (χ1v) is 18.4. The van der Waals surface area contributed by atoms with E-state index >= 15 is 0 Å². The van der Waals surface area contributed by atoms with Crippen molar-refractivity contribution in [3.05, 3.63) is 127 Å². The Balaban J connectivity index is 1.22. The SMILES string of the molecule is CNS(=O)(=O)Nc1cccc(Cc2c(C)c3ccc(Oc4ccc5c(C)c(Cc6cccc(NS(=O)(=O)NC)n6)c(=O)oc5c4)cc3oc2=O)n1. The number of benzene rings is 2. The van der Waals surface area contributed by atoms with Gasteiger partial charge in [-0.1, -0.05) is 12.1 Å². The van der Waals surface area contributed by atoms with Crippen LogP contribution in [0.1, 0.15) is 33.6 Å². The van der Waals surface area contributed by atoms with Crippen LogP contribution in [0.15, 0.2) is 91.2 Å². The molecule has 15 nitrogen and oxygen atoms in total. The van der Waals surface area contributed by atoms with Crippen LogP contribution in [0.4, 0.5) is 11.6 Å². The Bertz CT molecular complexity index is 2480. The summed E-state index contributed by atoms with van der Waals surface area (Å²) in [5.41, 5.74) is 2.49. The molecule has 6 aromatic rings. The molecule has 0 saturated carbocycles. The van der Waals surface area contributed by atoms with E-state index in [9.17, 15) is 26.4 Å². The highest BCUT2D eigenvalue weighted by Crippen LogP contribution is 2.31. The van der Waals surface area contributed by atoms with Crippen LogP contribution in [-0.2, 0) is 33.3 Å². The molecule has 4 N–H and O–H groups in total. The van der Waals surface area contributed by atoms with Crippen molar-refractivity contribution >= 4 is 54.0 Å². The number of aryl methyl sites for hydroxylation is 2. The van der Waals surface area contributed by atoms with E-state index in [4.69, 9.17) is 13.6 Å². The number of hydrogen-bond acceptors (Lipinski definition) is 11. The zero-order valence-corrected chi connectivity index (χ0v) is 29.4. The van der Waals surface area contributed by atoms with Crippen molar-refractivity contribution < 1.29 is 30.4 Å². The number of anilines is 2. The number of nitrogens with one attached hydrogen (secondary N) is 4. The predicted octanol–water partition coefficient (Wildman–Crippen LogP) is 4.03. The molecule has 2 aromatic carbocycles. The van der Waals surface area contributed by atoms with Crippen molar-refractivity contribution in [2.45, 2.75) is 26.7 Å². The van der Waals surface area contributed by atoms with Crippen molar-refractivity contribution in [3.63, 3.8) is 0 Å². The number of pyridine rings is 2. The Morgan fingerprint density at radius 1 is 0.627 bits per heavy atom. The van der Waals surface area contributed by atoms with Crippen molar-refractivity contribution in [1.82, 2.24) is 19.4 Å². The molecule has 0 amide bonds. The molecular weight excluding hydrogens is 701 g/mol. The molecule has 0 aliphatic rings. The van der Waals surface area contributed by atoms with Crippen LogP contribution in [0, 0.1) is 13.8 Å². The van der Waals surface area contributed by atoms with Crippen LogP contribution in [0.5, 0.6) is 11.5 Å². The summed E-state index contributed by atoms with van der Waals surface area (Å²) in [6.07, 6.45) is 0.226. The fourth-order valence-electron chi connectivity index (χ4n) is 5.43. The lowest BCUT2D eigenvalue weighted by Crippen LogP contribution is -2.27. The lowest BCUT2D eigenvalue weighted by Gasteiger charge is -2.12. The van der Waals surface area contributed by atoms with Gasteiger partial charge in [0.25, 0.3) is 20.4 Å². The molecule has 0 radical (unpaired) electrons. The number of hydrogen-bond donors (Lipinski definition) is 4. The third-order valence-corrected chi connectivity index (χ3v) is 10.1. The van der Waals surface area contributed by atoms with E-state index in [1.165, 1.54) is 26.2 Å². The van der Waals surface area contributed by atoms with Crippen molar-refractivity contribution in [3.8, 4) is 11.5 Å². The van der Waals surface area contributed by atoms with Gasteiger partial charge < -0.3 is 13.6 Å². The van der Waals surface area contributed by atoms with E-state index in [-0.39, 0.29) is 24.5 Å². The van der Waals surface area contributed by atoms with E-state index < -0.39 is 31.7 Å². The van der Waals surface area contributed by atoms with Crippen LogP contribution in [-0.4, -0.2) is 40.9 Å². The van der Waals surface area contributed by atoms with Gasteiger partial charge in [-0.2, -0.15) is 16.8 Å². The Morgan fingerprint density at radius 2 is 1.04 bits per heavy atom. The second kappa shape index (κ2) is 13.9. The highest BCUT2D eigenvalue weighted by molar-refractivity contribution is 7.91. The van der Waals surface area contributed by atoms with Crippen LogP contribution < -0.4 is 34.9 Å². The highest BCUT2D eigenvalue weighted by atomic mass is 32.2. The Morgan fingerprint density at radius 3 is 1.43 bits per heavy atom. The zero-order valence-electron chi connectivity index (χ0n) is 27.7. The smallest absolute Gasteiger partial charge is 0.340 e. The summed E-state index contributed by atoms with van der Waals surface area (Å²) in [6.45, 7) is 3.59. The maximum absolute atomic E-state index is 13.1. The van der Waals surface area contributed by atoms with E-state index in [1.807, 2.05) is 0 Å². The second-order valence-corrected chi connectivity index (χ2v) is 14.6. The van der Waals surface area contributed by atoms with E-state index in [0.29, 0.717) is 67.1 Å². The molecule has 51 heavy (non-hydrogen) atoms. The molecule has 4 aromatic heterocycles. The van der Waals surface area contributed by atoms with Gasteiger partial charge in [0.1, 0.15) is 34.3 Å². The van der Waals surface area contributed by atoms with Gasteiger partial charge in [0.05, 0.1) is 0 Å². The Labute approximate surface area is 292 Å². The summed E-state index contributed by atoms with van der Waals surface area (Å²) in [5.74, 6) is 0.957. The summed E-state index contributed by atoms with van der Waals surface area (Å²) >= 11 is 0. The molecule has 17 heteroatoms. The van der Waals surface area contributed by atoms with E-state index in [1.54, 1.807) is 74.5 Å². The lowest BCUT2D eigenvalue weighted by atomic mass is 10.0. The minimum Gasteiger partial charge on any atom is -0.457 e. The first-order chi connectivity index (χ1) is 24.2. The summed E-state index contributed by atoms with van der Waals surface area (Å²) in [7, 11) is -4.97. The fourth-order valence-corrected chi connectivity index (χ4v) is 6.41. The van der Waals surface area contributed by atoms with Crippen LogP contribution in [0.2, 0.25) is 0 Å². The summed E-state index contributed by atoms with van der Waals surface area (Å²) < 4.78 is 73.8. The van der Waals surface area contributed by atoms with Crippen molar-refractivity contribution in [2.75, 3.05) is 23.5 Å². The van der Waals surface area contributed by atoms with Crippen LogP contribution in [0.25, 0.3) is 21.9 Å². The maximum atomic E-state index is 13.1. The van der Waals surface area contributed by atoms with Gasteiger partial charge in [-0.3, -0.25) is 9.44 Å². The summed E-state index contributed by atoms with van der Waals surface area (Å²) in [6, 6.07) is 19.8. The molecule has 6 rings (SSSR count). The second-order valence-electron chi connectivity index (χ2n) is 11.4. The fraction of sp³-hybridized carbons (Fsp3) is 0.176. The normalized spacial score (nSPS) is 11.9. The number of ether oxygens (including phenoxy) is 1. The Hall–Kier alpha value is -5.62. The van der Waals surface area contributed by atoms with Crippen molar-refractivity contribution in [2.24, 2.45) is 0 Å². The maximum Gasteiger partial charge on any atom is 0.340 e. The average Bonchev–Trinajstić information content (AvgIpc) is 3.08. The van der Waals surface area contributed by atoms with Crippen LogP contribution in [0.3, 0.4) is 0 Å². The number of nitrogens with zero attached hydrogens (tertiary/aromatic N) is 2. The molecule has 0 fully saturated rings. The minimum atomic E-state index is -3.76. The Kier molecular flexibility index (Phi) is 9.63. The lowest BCUT2D eigenvalue weighted by molar-refractivity contribution is 0.477. The minimum absolute atomic E-state index is 0.105. The van der Waals surface area contributed by atoms with Crippen LogP contribution >= 0.6 is 0 Å². The third kappa shape index (κ3) is 7.91. The molecular formula is C34H32N6O9S2. The molecule has 0 saturated heterocycles. The zero-order chi connectivity index (χ0) is 36.5. The molecule has 0 spiro atoms. The van der Waals surface area contributed by atoms with Crippen molar-refractivity contribution in [1.29, 1.82) is 0 Å². The first kappa shape index (κ1) is 35.2. The standard InChI is InChI=1S/C34H32N6O9S2/c1-19-25-13-11-23(17-29(25)48-33(41)27(19)15-21-7-5-9-31(37-21)39-50(43,44)35-3)47-24-12-14-26-20(2)28(34(42)49-30(26)18-24)16-22-8-6-10-32(38-22)40-51(45,46)36-4/h5-14,17-18,35-36H,15-16H2,1-4H3,(H,37,39)(H,38,40). The molecule has 264 valence electrons. The first-order valence-electron chi connectivity index (χ1n) is 15.4. The molecule has 4 heterocycles. The predicted molar refractivity (Wildman–Crippen MR) is 192 cm³/mol. The number of fused-ring (bicyclic) bond motifs is 2. The quantitative estimate of drug-likeness (QED) is 0.132. The van der Waals surface area contributed by atoms with Gasteiger partial charge in [0.15, 0.2) is 0 Å². The van der Waals surface area contributed by atoms with Gasteiger partial charge in [-0.05, 0) is 73.5 Å². The molecule has 0 atom stereocenters. The molecule has 0 aliphatic carbocycles. The number of aromatic nitrogens is 2. The van der Waals surface area contributed by atoms with Gasteiger partial charge >= 0.3 is 11.3 Å². The van der Waals surface area contributed by atoms with Gasteiger partial charge in [0.2, 0.25) is 0 Å². The van der Waals surface area contributed by atoms with E-state index in [2.05, 4.69) is 28.9 Å². The number of rotatable bonds is 12. The monoisotopic (exact) mass is 732 g/mol. The van der Waals surface area contributed by atoms with E-state index in [0.717, 1.165) is 0 Å². The van der Waals surface area contributed by atoms with Gasteiger partial charge in [-0.25, -0.2) is 29.0 Å². The largest absolute Gasteiger partial charge is 0.457 e. The molecule has 0 unspecified atom stereocenters. The highest BCUT2D eigenvalue weighted by Gasteiger charge is 2.17. The van der Waals surface area contributed by atoms with Gasteiger partial charge in [-0.15, -0.1) is 0 Å². The topological polar surface area (TPSA) is 212 Å².